The molecule has 0 bridgehead atoms. The summed E-state index contributed by atoms with van der Waals surface area (Å²) in [6, 6.07) is 1.73. The average molecular weight is 270 g/mol. The van der Waals surface area contributed by atoms with Crippen LogP contribution in [0.2, 0.25) is 0 Å². The van der Waals surface area contributed by atoms with Crippen molar-refractivity contribution in [2.45, 2.75) is 44.6 Å². The Labute approximate surface area is 110 Å². The second-order valence-corrected chi connectivity index (χ2v) is 4.93. The molecule has 1 aliphatic rings. The van der Waals surface area contributed by atoms with Crippen LogP contribution in [0, 0.1) is 17.5 Å². The average Bonchev–Trinajstić information content (AvgIpc) is 2.34. The molecule has 1 aliphatic carbocycles. The summed E-state index contributed by atoms with van der Waals surface area (Å²) in [7, 11) is 0. The van der Waals surface area contributed by atoms with Crippen LogP contribution in [0.5, 0.6) is 0 Å². The van der Waals surface area contributed by atoms with Gasteiger partial charge in [-0.2, -0.15) is 0 Å². The first-order valence-corrected chi connectivity index (χ1v) is 6.61. The molecule has 0 aromatic heterocycles. The summed E-state index contributed by atoms with van der Waals surface area (Å²) in [5.74, 6) is -4.02. The van der Waals surface area contributed by atoms with Crippen molar-refractivity contribution in [2.75, 3.05) is 0 Å². The molecule has 1 atom stereocenters. The summed E-state index contributed by atoms with van der Waals surface area (Å²) in [6.45, 7) is 0. The van der Waals surface area contributed by atoms with Crippen molar-refractivity contribution in [3.05, 3.63) is 46.8 Å². The van der Waals surface area contributed by atoms with Gasteiger partial charge in [0.1, 0.15) is 6.10 Å². The van der Waals surface area contributed by atoms with Crippen LogP contribution in [-0.4, -0.2) is 5.11 Å². The Morgan fingerprint density at radius 3 is 2.26 bits per heavy atom. The molecule has 0 amide bonds. The molecule has 1 N–H and O–H groups in total. The fourth-order valence-corrected chi connectivity index (χ4v) is 2.41. The zero-order chi connectivity index (χ0) is 13.8. The number of aliphatic hydroxyl groups excluding tert-OH is 1. The third-order valence-electron chi connectivity index (χ3n) is 3.50. The summed E-state index contributed by atoms with van der Waals surface area (Å²) in [5, 5.41) is 10.2. The Morgan fingerprint density at radius 1 is 0.947 bits per heavy atom. The van der Waals surface area contributed by atoms with Gasteiger partial charge in [0.05, 0.1) is 0 Å². The lowest BCUT2D eigenvalue weighted by Gasteiger charge is -2.18. The van der Waals surface area contributed by atoms with Gasteiger partial charge in [0.25, 0.3) is 0 Å². The Bertz CT molecular complexity index is 459. The van der Waals surface area contributed by atoms with Gasteiger partial charge in [-0.05, 0) is 49.0 Å². The van der Waals surface area contributed by atoms with Crippen molar-refractivity contribution in [2.24, 2.45) is 0 Å². The van der Waals surface area contributed by atoms with Crippen LogP contribution in [0.1, 0.15) is 50.2 Å². The Balaban J connectivity index is 2.25. The molecule has 0 spiro atoms. The van der Waals surface area contributed by atoms with E-state index in [4.69, 9.17) is 0 Å². The van der Waals surface area contributed by atoms with E-state index in [1.807, 2.05) is 6.08 Å². The van der Waals surface area contributed by atoms with E-state index in [0.717, 1.165) is 43.4 Å². The fraction of sp³-hybridized carbons (Fsp3) is 0.467. The third kappa shape index (κ3) is 3.38. The molecule has 1 aromatic rings. The molecule has 0 radical (unpaired) electrons. The molecule has 19 heavy (non-hydrogen) atoms. The number of hydrogen-bond acceptors (Lipinski definition) is 1. The second-order valence-electron chi connectivity index (χ2n) is 4.93. The van der Waals surface area contributed by atoms with Gasteiger partial charge in [0, 0.05) is 0 Å². The first-order chi connectivity index (χ1) is 9.09. The zero-order valence-electron chi connectivity index (χ0n) is 10.6. The van der Waals surface area contributed by atoms with Crippen molar-refractivity contribution >= 4 is 0 Å². The molecule has 0 saturated heterocycles. The highest BCUT2D eigenvalue weighted by Crippen LogP contribution is 2.30. The van der Waals surface area contributed by atoms with Gasteiger partial charge in [-0.3, -0.25) is 0 Å². The van der Waals surface area contributed by atoms with E-state index in [-0.39, 0.29) is 5.56 Å². The van der Waals surface area contributed by atoms with Gasteiger partial charge in [-0.25, -0.2) is 13.2 Å². The molecule has 0 saturated carbocycles. The van der Waals surface area contributed by atoms with Crippen molar-refractivity contribution < 1.29 is 18.3 Å². The van der Waals surface area contributed by atoms with E-state index >= 15 is 0 Å². The van der Waals surface area contributed by atoms with Crippen molar-refractivity contribution in [1.82, 2.24) is 0 Å². The molecule has 2 rings (SSSR count). The monoisotopic (exact) mass is 270 g/mol. The normalized spacial score (nSPS) is 21.2. The molecule has 0 fully saturated rings. The minimum absolute atomic E-state index is 0.0724. The van der Waals surface area contributed by atoms with Crippen molar-refractivity contribution in [3.63, 3.8) is 0 Å². The highest BCUT2D eigenvalue weighted by Gasteiger charge is 2.19. The highest BCUT2D eigenvalue weighted by atomic mass is 19.2. The van der Waals surface area contributed by atoms with Gasteiger partial charge in [-0.1, -0.05) is 18.9 Å². The minimum atomic E-state index is -1.50. The Hall–Kier alpha value is -1.29. The van der Waals surface area contributed by atoms with Gasteiger partial charge in [0.2, 0.25) is 0 Å². The maximum Gasteiger partial charge on any atom is 0.194 e. The number of benzene rings is 1. The largest absolute Gasteiger partial charge is 0.384 e. The van der Waals surface area contributed by atoms with E-state index < -0.39 is 23.6 Å². The molecule has 1 unspecified atom stereocenters. The summed E-state index contributed by atoms with van der Waals surface area (Å²) in [6.07, 6.45) is 6.72. The SMILES string of the molecule is OC(/C1=C/CCCCCC1)c1cc(F)c(F)c(F)c1. The van der Waals surface area contributed by atoms with E-state index in [9.17, 15) is 18.3 Å². The first kappa shape index (κ1) is 14.1. The molecular formula is C15H17F3O. The fourth-order valence-electron chi connectivity index (χ4n) is 2.41. The standard InChI is InChI=1S/C15H17F3O/c16-12-8-11(9-13(17)14(12)18)15(19)10-6-4-2-1-3-5-7-10/h6,8-9,15,19H,1-5,7H2/b10-6+. The summed E-state index contributed by atoms with van der Waals surface area (Å²) in [5.41, 5.74) is 0.841. The Kier molecular flexibility index (Phi) is 4.64. The highest BCUT2D eigenvalue weighted by molar-refractivity contribution is 5.28. The zero-order valence-corrected chi connectivity index (χ0v) is 10.6. The van der Waals surface area contributed by atoms with Crippen molar-refractivity contribution in [1.29, 1.82) is 0 Å². The second kappa shape index (κ2) is 6.24. The summed E-state index contributed by atoms with van der Waals surface area (Å²) >= 11 is 0. The Morgan fingerprint density at radius 2 is 1.58 bits per heavy atom. The van der Waals surface area contributed by atoms with E-state index in [1.165, 1.54) is 6.42 Å². The quantitative estimate of drug-likeness (QED) is 0.623. The summed E-state index contributed by atoms with van der Waals surface area (Å²) in [4.78, 5) is 0. The lowest BCUT2D eigenvalue weighted by molar-refractivity contribution is 0.207. The molecule has 0 heterocycles. The number of halogens is 3. The third-order valence-corrected chi connectivity index (χ3v) is 3.50. The molecule has 1 aromatic carbocycles. The molecule has 1 nitrogen and oxygen atoms in total. The van der Waals surface area contributed by atoms with Gasteiger partial charge in [0.15, 0.2) is 17.5 Å². The molecule has 0 aliphatic heterocycles. The van der Waals surface area contributed by atoms with Gasteiger partial charge < -0.3 is 5.11 Å². The van der Waals surface area contributed by atoms with E-state index in [2.05, 4.69) is 0 Å². The predicted octanol–water partition coefficient (Wildman–Crippen LogP) is 4.42. The maximum absolute atomic E-state index is 13.2. The topological polar surface area (TPSA) is 20.2 Å². The van der Waals surface area contributed by atoms with E-state index in [0.29, 0.717) is 6.42 Å². The maximum atomic E-state index is 13.2. The number of hydrogen-bond donors (Lipinski definition) is 1. The van der Waals surface area contributed by atoms with Crippen LogP contribution in [-0.2, 0) is 0 Å². The van der Waals surface area contributed by atoms with E-state index in [1.54, 1.807) is 0 Å². The van der Waals surface area contributed by atoms with Crippen LogP contribution >= 0.6 is 0 Å². The van der Waals surface area contributed by atoms with Crippen LogP contribution in [0.15, 0.2) is 23.8 Å². The number of allylic oxidation sites excluding steroid dienone is 1. The molecule has 104 valence electrons. The first-order valence-electron chi connectivity index (χ1n) is 6.61. The van der Waals surface area contributed by atoms with Gasteiger partial charge >= 0.3 is 0 Å². The minimum Gasteiger partial charge on any atom is -0.384 e. The van der Waals surface area contributed by atoms with Crippen LogP contribution in [0.25, 0.3) is 0 Å². The van der Waals surface area contributed by atoms with Crippen LogP contribution < -0.4 is 0 Å². The van der Waals surface area contributed by atoms with Crippen LogP contribution in [0.4, 0.5) is 13.2 Å². The van der Waals surface area contributed by atoms with Crippen molar-refractivity contribution in [3.8, 4) is 0 Å². The molecule has 4 heteroatoms. The lowest BCUT2D eigenvalue weighted by Crippen LogP contribution is -2.06. The summed E-state index contributed by atoms with van der Waals surface area (Å²) < 4.78 is 39.2. The molecular weight excluding hydrogens is 253 g/mol. The number of aliphatic hydroxyl groups is 1. The number of rotatable bonds is 2. The predicted molar refractivity (Wildman–Crippen MR) is 67.1 cm³/mol. The smallest absolute Gasteiger partial charge is 0.194 e. The lowest BCUT2D eigenvalue weighted by atomic mass is 9.93. The van der Waals surface area contributed by atoms with Gasteiger partial charge in [-0.15, -0.1) is 0 Å². The van der Waals surface area contributed by atoms with Crippen LogP contribution in [0.3, 0.4) is 0 Å².